The van der Waals surface area contributed by atoms with E-state index in [1.54, 1.807) is 20.2 Å². The number of hydrogen-bond donors (Lipinski definition) is 1. The molecule has 1 aromatic heterocycles. The summed E-state index contributed by atoms with van der Waals surface area (Å²) in [7, 11) is -0.546. The lowest BCUT2D eigenvalue weighted by atomic mass is 10.0. The average Bonchev–Trinajstić information content (AvgIpc) is 2.97. The topological polar surface area (TPSA) is 90.2 Å². The zero-order chi connectivity index (χ0) is 23.0. The van der Waals surface area contributed by atoms with Crippen molar-refractivity contribution >= 4 is 32.5 Å². The number of carbonyl (C=O) groups excluding carboxylic acids is 1. The van der Waals surface area contributed by atoms with E-state index in [4.69, 9.17) is 0 Å². The van der Waals surface area contributed by atoms with Crippen LogP contribution < -0.4 is 11.0 Å². The van der Waals surface area contributed by atoms with E-state index in [9.17, 15) is 22.4 Å². The van der Waals surface area contributed by atoms with E-state index in [2.05, 4.69) is 5.32 Å². The highest BCUT2D eigenvalue weighted by atomic mass is 32.2. The van der Waals surface area contributed by atoms with Gasteiger partial charge in [-0.3, -0.25) is 13.9 Å². The summed E-state index contributed by atoms with van der Waals surface area (Å²) in [4.78, 5) is 25.2. The molecule has 0 unspecified atom stereocenters. The van der Waals surface area contributed by atoms with Gasteiger partial charge in [0, 0.05) is 14.1 Å². The summed E-state index contributed by atoms with van der Waals surface area (Å²) in [6, 6.07) is 8.73. The molecule has 0 bridgehead atoms. The SMILES string of the molecule is Cn1c(=O)n(C)c2cc(S(=O)(=O)C3CCCCC3)c(NC(=O)Cc3cccc(F)c3)cc21. The fraction of sp³-hybridized carbons (Fsp3) is 0.391. The number of nitrogens with one attached hydrogen (secondary N) is 1. The average molecular weight is 460 g/mol. The zero-order valence-electron chi connectivity index (χ0n) is 18.1. The van der Waals surface area contributed by atoms with Crippen molar-refractivity contribution in [1.29, 1.82) is 0 Å². The van der Waals surface area contributed by atoms with Crippen LogP contribution in [0.25, 0.3) is 11.0 Å². The smallest absolute Gasteiger partial charge is 0.325 e. The number of aryl methyl sites for hydroxylation is 2. The van der Waals surface area contributed by atoms with Crippen LogP contribution in [0.3, 0.4) is 0 Å². The summed E-state index contributed by atoms with van der Waals surface area (Å²) < 4.78 is 43.4. The fourth-order valence-corrected chi connectivity index (χ4v) is 6.45. The number of imidazole rings is 1. The number of carbonyl (C=O) groups is 1. The molecule has 1 aliphatic rings. The number of fused-ring (bicyclic) bond motifs is 1. The third-order valence-electron chi connectivity index (χ3n) is 6.20. The molecule has 0 saturated heterocycles. The zero-order valence-corrected chi connectivity index (χ0v) is 18.9. The Bertz CT molecular complexity index is 1350. The third-order valence-corrected chi connectivity index (χ3v) is 8.50. The molecule has 1 saturated carbocycles. The van der Waals surface area contributed by atoms with Gasteiger partial charge in [-0.05, 0) is 42.7 Å². The van der Waals surface area contributed by atoms with Gasteiger partial charge in [0.15, 0.2) is 9.84 Å². The van der Waals surface area contributed by atoms with Gasteiger partial charge in [-0.1, -0.05) is 31.4 Å². The Kier molecular flexibility index (Phi) is 5.94. The maximum atomic E-state index is 13.5. The molecule has 2 aromatic carbocycles. The van der Waals surface area contributed by atoms with Gasteiger partial charge in [-0.25, -0.2) is 17.6 Å². The van der Waals surface area contributed by atoms with Crippen LogP contribution in [0.1, 0.15) is 37.7 Å². The highest BCUT2D eigenvalue weighted by Gasteiger charge is 2.32. The molecule has 9 heteroatoms. The van der Waals surface area contributed by atoms with E-state index in [0.717, 1.165) is 19.3 Å². The van der Waals surface area contributed by atoms with Crippen LogP contribution in [0.4, 0.5) is 10.1 Å². The molecule has 1 fully saturated rings. The summed E-state index contributed by atoms with van der Waals surface area (Å²) in [6.45, 7) is 0. The molecule has 0 aliphatic heterocycles. The molecule has 0 spiro atoms. The van der Waals surface area contributed by atoms with Crippen molar-refractivity contribution in [1.82, 2.24) is 9.13 Å². The van der Waals surface area contributed by atoms with Crippen molar-refractivity contribution in [3.8, 4) is 0 Å². The maximum Gasteiger partial charge on any atom is 0.328 e. The number of amides is 1. The van der Waals surface area contributed by atoms with Crippen LogP contribution in [0.2, 0.25) is 0 Å². The normalized spacial score (nSPS) is 15.2. The molecular weight excluding hydrogens is 433 g/mol. The molecule has 1 aliphatic carbocycles. The summed E-state index contributed by atoms with van der Waals surface area (Å²) in [5.41, 5.74) is 1.33. The molecule has 1 amide bonds. The van der Waals surface area contributed by atoms with Crippen molar-refractivity contribution in [2.45, 2.75) is 48.7 Å². The Balaban J connectivity index is 1.78. The fourth-order valence-electron chi connectivity index (χ4n) is 4.44. The van der Waals surface area contributed by atoms with Gasteiger partial charge in [0.1, 0.15) is 5.82 Å². The van der Waals surface area contributed by atoms with Crippen molar-refractivity contribution in [2.75, 3.05) is 5.32 Å². The summed E-state index contributed by atoms with van der Waals surface area (Å²) >= 11 is 0. The largest absolute Gasteiger partial charge is 0.328 e. The number of rotatable bonds is 5. The van der Waals surface area contributed by atoms with Gasteiger partial charge in [0.05, 0.1) is 33.3 Å². The molecule has 32 heavy (non-hydrogen) atoms. The Morgan fingerprint density at radius 3 is 2.38 bits per heavy atom. The predicted molar refractivity (Wildman–Crippen MR) is 121 cm³/mol. The lowest BCUT2D eigenvalue weighted by Gasteiger charge is -2.23. The van der Waals surface area contributed by atoms with Gasteiger partial charge in [-0.15, -0.1) is 0 Å². The van der Waals surface area contributed by atoms with Crippen LogP contribution in [0.5, 0.6) is 0 Å². The molecule has 170 valence electrons. The van der Waals surface area contributed by atoms with E-state index in [-0.39, 0.29) is 22.7 Å². The lowest BCUT2D eigenvalue weighted by molar-refractivity contribution is -0.115. The molecule has 1 heterocycles. The van der Waals surface area contributed by atoms with Crippen LogP contribution in [0, 0.1) is 5.82 Å². The molecule has 7 nitrogen and oxygen atoms in total. The Hall–Kier alpha value is -2.94. The van der Waals surface area contributed by atoms with Crippen molar-refractivity contribution in [3.05, 3.63) is 58.3 Å². The predicted octanol–water partition coefficient (Wildman–Crippen LogP) is 3.30. The molecule has 0 radical (unpaired) electrons. The van der Waals surface area contributed by atoms with Gasteiger partial charge < -0.3 is 5.32 Å². The molecule has 0 atom stereocenters. The second-order valence-corrected chi connectivity index (χ2v) is 10.6. The highest BCUT2D eigenvalue weighted by molar-refractivity contribution is 7.92. The summed E-state index contributed by atoms with van der Waals surface area (Å²) in [5.74, 6) is -0.910. The monoisotopic (exact) mass is 459 g/mol. The number of hydrogen-bond acceptors (Lipinski definition) is 4. The quantitative estimate of drug-likeness (QED) is 0.634. The first-order valence-electron chi connectivity index (χ1n) is 10.7. The van der Waals surface area contributed by atoms with Gasteiger partial charge in [0.25, 0.3) is 0 Å². The molecular formula is C23H26FN3O4S. The first-order valence-corrected chi connectivity index (χ1v) is 12.2. The van der Waals surface area contributed by atoms with E-state index in [1.807, 2.05) is 0 Å². The number of anilines is 1. The van der Waals surface area contributed by atoms with Gasteiger partial charge >= 0.3 is 5.69 Å². The number of aromatic nitrogens is 2. The maximum absolute atomic E-state index is 13.5. The molecule has 1 N–H and O–H groups in total. The lowest BCUT2D eigenvalue weighted by Crippen LogP contribution is -2.26. The van der Waals surface area contributed by atoms with Gasteiger partial charge in [0.2, 0.25) is 5.91 Å². The van der Waals surface area contributed by atoms with Crippen molar-refractivity contribution in [3.63, 3.8) is 0 Å². The van der Waals surface area contributed by atoms with Crippen LogP contribution in [0.15, 0.2) is 46.1 Å². The number of sulfone groups is 1. The van der Waals surface area contributed by atoms with Crippen molar-refractivity contribution in [2.24, 2.45) is 14.1 Å². The standard InChI is InChI=1S/C23H26FN3O4S/c1-26-19-13-18(25-22(28)12-15-7-6-8-16(24)11-15)21(14-20(19)27(2)23(26)29)32(30,31)17-9-4-3-5-10-17/h6-8,11,13-14,17H,3-5,9-10,12H2,1-2H3,(H,25,28). The second kappa shape index (κ2) is 8.54. The number of halogens is 1. The summed E-state index contributed by atoms with van der Waals surface area (Å²) in [6.07, 6.45) is 3.74. The van der Waals surface area contributed by atoms with Crippen LogP contribution >= 0.6 is 0 Å². The third kappa shape index (κ3) is 4.09. The minimum absolute atomic E-state index is 0.0192. The van der Waals surface area contributed by atoms with Gasteiger partial charge in [-0.2, -0.15) is 0 Å². The first kappa shape index (κ1) is 22.3. The highest BCUT2D eigenvalue weighted by Crippen LogP contribution is 2.34. The summed E-state index contributed by atoms with van der Waals surface area (Å²) in [5, 5.41) is 2.19. The number of nitrogens with zero attached hydrogens (tertiary/aromatic N) is 2. The molecule has 3 aromatic rings. The number of benzene rings is 2. The van der Waals surface area contributed by atoms with Crippen LogP contribution in [-0.2, 0) is 35.1 Å². The van der Waals surface area contributed by atoms with E-state index in [1.165, 1.54) is 39.5 Å². The van der Waals surface area contributed by atoms with E-state index < -0.39 is 26.8 Å². The Morgan fingerprint density at radius 2 is 1.72 bits per heavy atom. The van der Waals surface area contributed by atoms with Crippen molar-refractivity contribution < 1.29 is 17.6 Å². The first-order chi connectivity index (χ1) is 15.2. The Labute approximate surface area is 185 Å². The Morgan fingerprint density at radius 1 is 1.06 bits per heavy atom. The van der Waals surface area contributed by atoms with E-state index in [0.29, 0.717) is 29.4 Å². The second-order valence-electron chi connectivity index (χ2n) is 8.40. The van der Waals surface area contributed by atoms with E-state index >= 15 is 0 Å². The minimum atomic E-state index is -3.73. The van der Waals surface area contributed by atoms with Crippen LogP contribution in [-0.4, -0.2) is 28.7 Å². The minimum Gasteiger partial charge on any atom is -0.325 e. The molecule has 4 rings (SSSR count).